The Balaban J connectivity index is 1.62. The predicted molar refractivity (Wildman–Crippen MR) is 127 cm³/mol. The summed E-state index contributed by atoms with van der Waals surface area (Å²) >= 11 is 0. The molecule has 0 unspecified atom stereocenters. The summed E-state index contributed by atoms with van der Waals surface area (Å²) in [5.41, 5.74) is 0.960. The maximum absolute atomic E-state index is 13.0. The molecule has 3 atom stereocenters. The van der Waals surface area contributed by atoms with Crippen molar-refractivity contribution < 1.29 is 24.1 Å². The molecule has 0 bridgehead atoms. The maximum atomic E-state index is 13.0. The second-order valence-corrected chi connectivity index (χ2v) is 9.01. The first-order valence-corrected chi connectivity index (χ1v) is 11.6. The van der Waals surface area contributed by atoms with Gasteiger partial charge in [0.05, 0.1) is 33.5 Å². The van der Waals surface area contributed by atoms with Crippen molar-refractivity contribution >= 4 is 11.6 Å². The molecular weight excluding hydrogens is 420 g/mol. The van der Waals surface area contributed by atoms with Crippen molar-refractivity contribution in [3.05, 3.63) is 48.0 Å². The number of nitrogens with zero attached hydrogens (tertiary/aromatic N) is 1. The van der Waals surface area contributed by atoms with E-state index in [-0.39, 0.29) is 24.4 Å². The molecule has 2 aromatic rings. The largest absolute Gasteiger partial charge is 0.497 e. The van der Waals surface area contributed by atoms with Crippen LogP contribution in [0.25, 0.3) is 0 Å². The second-order valence-electron chi connectivity index (χ2n) is 9.01. The second kappa shape index (κ2) is 10.0. The molecule has 0 radical (unpaired) electrons. The van der Waals surface area contributed by atoms with Crippen LogP contribution in [-0.4, -0.2) is 55.9 Å². The molecule has 2 aliphatic rings. The number of ether oxygens (including phenoxy) is 3. The number of methoxy groups -OCH3 is 3. The molecule has 0 aromatic heterocycles. The zero-order chi connectivity index (χ0) is 23.4. The number of carbonyl (C=O) groups excluding carboxylic acids is 1. The van der Waals surface area contributed by atoms with Gasteiger partial charge in [0.2, 0.25) is 5.91 Å². The lowest BCUT2D eigenvalue weighted by Gasteiger charge is -2.52. The Labute approximate surface area is 195 Å². The first kappa shape index (κ1) is 23.4. The third-order valence-corrected chi connectivity index (χ3v) is 7.15. The van der Waals surface area contributed by atoms with Crippen LogP contribution in [0, 0.1) is 5.92 Å². The number of nitrogens with one attached hydrogen (secondary N) is 1. The van der Waals surface area contributed by atoms with Crippen molar-refractivity contribution in [2.45, 2.75) is 43.7 Å². The SMILES string of the molecule is COc1ccc(NC(=O)CN2CC[C@@]3(O)CCCC[C@@H]3[C@@H]2c2cc(OC)ccc2OC)cc1. The van der Waals surface area contributed by atoms with Gasteiger partial charge in [0.15, 0.2) is 0 Å². The van der Waals surface area contributed by atoms with E-state index in [1.54, 1.807) is 21.3 Å². The number of amides is 1. The number of piperidine rings is 1. The number of aliphatic hydroxyl groups is 1. The number of hydrogen-bond donors (Lipinski definition) is 2. The van der Waals surface area contributed by atoms with Gasteiger partial charge in [-0.15, -0.1) is 0 Å². The summed E-state index contributed by atoms with van der Waals surface area (Å²) in [4.78, 5) is 15.2. The minimum atomic E-state index is -0.722. The van der Waals surface area contributed by atoms with Gasteiger partial charge in [0, 0.05) is 29.8 Å². The van der Waals surface area contributed by atoms with Crippen LogP contribution in [0.15, 0.2) is 42.5 Å². The van der Waals surface area contributed by atoms with E-state index in [0.717, 1.165) is 54.2 Å². The standard InChI is InChI=1S/C26H34N2O5/c1-31-19-9-7-18(8-10-19)27-24(29)17-28-15-14-26(30)13-5-4-6-22(26)25(28)21-16-20(32-2)11-12-23(21)33-3/h7-12,16,22,25,30H,4-6,13-15,17H2,1-3H3,(H,27,29)/t22-,25+,26+/m1/s1. The van der Waals surface area contributed by atoms with E-state index in [1.165, 1.54) is 0 Å². The van der Waals surface area contributed by atoms with Crippen LogP contribution in [0.2, 0.25) is 0 Å². The lowest BCUT2D eigenvalue weighted by atomic mass is 9.66. The molecular formula is C26H34N2O5. The molecule has 2 fully saturated rings. The van der Waals surface area contributed by atoms with Gasteiger partial charge in [0.1, 0.15) is 17.2 Å². The van der Waals surface area contributed by atoms with Crippen LogP contribution in [0.1, 0.15) is 43.7 Å². The van der Waals surface area contributed by atoms with Crippen molar-refractivity contribution in [2.75, 3.05) is 39.7 Å². The average Bonchev–Trinajstić information content (AvgIpc) is 2.84. The lowest BCUT2D eigenvalue weighted by molar-refractivity contribution is -0.135. The maximum Gasteiger partial charge on any atom is 0.238 e. The normalized spacial score (nSPS) is 25.1. The summed E-state index contributed by atoms with van der Waals surface area (Å²) < 4.78 is 16.4. The van der Waals surface area contributed by atoms with Gasteiger partial charge < -0.3 is 24.6 Å². The molecule has 2 aromatic carbocycles. The highest BCUT2D eigenvalue weighted by Crippen LogP contribution is 2.51. The van der Waals surface area contributed by atoms with Crippen molar-refractivity contribution in [1.82, 2.24) is 4.90 Å². The summed E-state index contributed by atoms with van der Waals surface area (Å²) in [6.45, 7) is 0.859. The number of anilines is 1. The summed E-state index contributed by atoms with van der Waals surface area (Å²) in [7, 11) is 4.91. The lowest BCUT2D eigenvalue weighted by Crippen LogP contribution is -2.56. The first-order chi connectivity index (χ1) is 16.0. The van der Waals surface area contributed by atoms with E-state index in [2.05, 4.69) is 10.2 Å². The Kier molecular flexibility index (Phi) is 7.10. The van der Waals surface area contributed by atoms with Crippen molar-refractivity contribution in [3.8, 4) is 17.2 Å². The van der Waals surface area contributed by atoms with Crippen LogP contribution >= 0.6 is 0 Å². The molecule has 1 heterocycles. The highest BCUT2D eigenvalue weighted by Gasteiger charge is 2.50. The van der Waals surface area contributed by atoms with E-state index in [4.69, 9.17) is 14.2 Å². The first-order valence-electron chi connectivity index (χ1n) is 11.6. The van der Waals surface area contributed by atoms with Crippen LogP contribution in [0.5, 0.6) is 17.2 Å². The van der Waals surface area contributed by atoms with Gasteiger partial charge in [-0.05, 0) is 61.7 Å². The van der Waals surface area contributed by atoms with E-state index < -0.39 is 5.60 Å². The zero-order valence-corrected chi connectivity index (χ0v) is 19.7. The number of fused-ring (bicyclic) bond motifs is 1. The Hall–Kier alpha value is -2.77. The van der Waals surface area contributed by atoms with Gasteiger partial charge in [-0.3, -0.25) is 9.69 Å². The van der Waals surface area contributed by atoms with Crippen molar-refractivity contribution in [2.24, 2.45) is 5.92 Å². The zero-order valence-electron chi connectivity index (χ0n) is 19.7. The molecule has 33 heavy (non-hydrogen) atoms. The molecule has 1 saturated carbocycles. The van der Waals surface area contributed by atoms with Gasteiger partial charge in [0.25, 0.3) is 0 Å². The Bertz CT molecular complexity index is 964. The Morgan fingerprint density at radius 1 is 1.03 bits per heavy atom. The van der Waals surface area contributed by atoms with Gasteiger partial charge in [-0.2, -0.15) is 0 Å². The quantitative estimate of drug-likeness (QED) is 0.658. The molecule has 2 N–H and O–H groups in total. The third kappa shape index (κ3) is 4.94. The predicted octanol–water partition coefficient (Wildman–Crippen LogP) is 4.02. The van der Waals surface area contributed by atoms with Gasteiger partial charge >= 0.3 is 0 Å². The fourth-order valence-electron chi connectivity index (χ4n) is 5.46. The topological polar surface area (TPSA) is 80.3 Å². The minimum absolute atomic E-state index is 0.0230. The summed E-state index contributed by atoms with van der Waals surface area (Å²) in [6.07, 6.45) is 4.48. The van der Waals surface area contributed by atoms with Crippen LogP contribution in [-0.2, 0) is 4.79 Å². The number of carbonyl (C=O) groups is 1. The monoisotopic (exact) mass is 454 g/mol. The minimum Gasteiger partial charge on any atom is -0.497 e. The molecule has 1 amide bonds. The molecule has 7 heteroatoms. The molecule has 1 aliphatic heterocycles. The van der Waals surface area contributed by atoms with Crippen LogP contribution in [0.3, 0.4) is 0 Å². The third-order valence-electron chi connectivity index (χ3n) is 7.15. The molecule has 1 aliphatic carbocycles. The fourth-order valence-corrected chi connectivity index (χ4v) is 5.46. The summed E-state index contributed by atoms with van der Waals surface area (Å²) in [5.74, 6) is 2.16. The van der Waals surface area contributed by atoms with Gasteiger partial charge in [-0.25, -0.2) is 0 Å². The van der Waals surface area contributed by atoms with Crippen LogP contribution in [0.4, 0.5) is 5.69 Å². The molecule has 7 nitrogen and oxygen atoms in total. The van der Waals surface area contributed by atoms with Gasteiger partial charge in [-0.1, -0.05) is 12.8 Å². The fraction of sp³-hybridized carbons (Fsp3) is 0.500. The van der Waals surface area contributed by atoms with E-state index >= 15 is 0 Å². The van der Waals surface area contributed by atoms with E-state index in [1.807, 2.05) is 42.5 Å². The summed E-state index contributed by atoms with van der Waals surface area (Å²) in [6, 6.07) is 12.9. The Morgan fingerprint density at radius 3 is 2.45 bits per heavy atom. The summed E-state index contributed by atoms with van der Waals surface area (Å²) in [5, 5.41) is 14.5. The molecule has 0 spiro atoms. The average molecular weight is 455 g/mol. The van der Waals surface area contributed by atoms with Crippen molar-refractivity contribution in [3.63, 3.8) is 0 Å². The highest BCUT2D eigenvalue weighted by atomic mass is 16.5. The Morgan fingerprint density at radius 2 is 1.76 bits per heavy atom. The smallest absolute Gasteiger partial charge is 0.238 e. The van der Waals surface area contributed by atoms with E-state index in [0.29, 0.717) is 13.0 Å². The number of hydrogen-bond acceptors (Lipinski definition) is 6. The molecule has 1 saturated heterocycles. The molecule has 178 valence electrons. The van der Waals surface area contributed by atoms with Crippen LogP contribution < -0.4 is 19.5 Å². The van der Waals surface area contributed by atoms with E-state index in [9.17, 15) is 9.90 Å². The van der Waals surface area contributed by atoms with Crippen molar-refractivity contribution in [1.29, 1.82) is 0 Å². The number of likely N-dealkylation sites (tertiary alicyclic amines) is 1. The number of benzene rings is 2. The molecule has 4 rings (SSSR count). The number of rotatable bonds is 7. The highest BCUT2D eigenvalue weighted by molar-refractivity contribution is 5.92.